The van der Waals surface area contributed by atoms with E-state index >= 15 is 0 Å². The van der Waals surface area contributed by atoms with Crippen molar-refractivity contribution in [2.45, 2.75) is 23.7 Å². The van der Waals surface area contributed by atoms with Gasteiger partial charge in [-0.2, -0.15) is 18.4 Å². The molecule has 0 aromatic heterocycles. The van der Waals surface area contributed by atoms with E-state index in [9.17, 15) is 18.0 Å². The number of thioether (sulfide) groups is 1. The number of esters is 1. The molecule has 0 saturated carbocycles. The van der Waals surface area contributed by atoms with Crippen molar-refractivity contribution in [1.29, 1.82) is 5.26 Å². The fourth-order valence-corrected chi connectivity index (χ4v) is 2.68. The van der Waals surface area contributed by atoms with E-state index in [0.717, 1.165) is 0 Å². The third kappa shape index (κ3) is 5.06. The highest BCUT2D eigenvalue weighted by molar-refractivity contribution is 9.10. The highest BCUT2D eigenvalue weighted by atomic mass is 79.9. The van der Waals surface area contributed by atoms with Gasteiger partial charge in [0.1, 0.15) is 6.07 Å². The van der Waals surface area contributed by atoms with Gasteiger partial charge in [-0.25, -0.2) is 0 Å². The van der Waals surface area contributed by atoms with E-state index in [1.54, 1.807) is 13.0 Å². The molecule has 0 fully saturated rings. The lowest BCUT2D eigenvalue weighted by Crippen LogP contribution is -2.08. The first-order valence-electron chi connectivity index (χ1n) is 5.40. The molecule has 0 saturated heterocycles. The van der Waals surface area contributed by atoms with Gasteiger partial charge in [-0.3, -0.25) is 4.79 Å². The van der Waals surface area contributed by atoms with Crippen molar-refractivity contribution in [2.24, 2.45) is 0 Å². The number of ether oxygens (including phenoxy) is 1. The molecule has 1 rings (SSSR count). The van der Waals surface area contributed by atoms with E-state index in [1.165, 1.54) is 12.1 Å². The summed E-state index contributed by atoms with van der Waals surface area (Å²) in [5.74, 6) is -0.506. The Bertz CT molecular complexity index is 555. The molecule has 0 amide bonds. The first-order chi connectivity index (χ1) is 9.26. The van der Waals surface area contributed by atoms with E-state index in [0.29, 0.717) is 10.0 Å². The molecule has 1 aromatic carbocycles. The second kappa shape index (κ2) is 6.99. The summed E-state index contributed by atoms with van der Waals surface area (Å²) in [7, 11) is 0. The van der Waals surface area contributed by atoms with Crippen molar-refractivity contribution in [3.8, 4) is 6.07 Å². The van der Waals surface area contributed by atoms with Crippen molar-refractivity contribution in [3.05, 3.63) is 27.7 Å². The monoisotopic (exact) mass is 367 g/mol. The molecule has 0 unspecified atom stereocenters. The van der Waals surface area contributed by atoms with E-state index in [-0.39, 0.29) is 35.2 Å². The molecule has 0 bridgehead atoms. The van der Waals surface area contributed by atoms with Crippen LogP contribution in [0.3, 0.4) is 0 Å². The van der Waals surface area contributed by atoms with Crippen LogP contribution in [-0.4, -0.2) is 18.1 Å². The Balaban J connectivity index is 3.08. The lowest BCUT2D eigenvalue weighted by atomic mass is 10.1. The van der Waals surface area contributed by atoms with Crippen LogP contribution in [0, 0.1) is 11.3 Å². The van der Waals surface area contributed by atoms with Crippen LogP contribution >= 0.6 is 27.7 Å². The number of carbonyl (C=O) groups is 1. The Kier molecular flexibility index (Phi) is 5.89. The maximum Gasteiger partial charge on any atom is 0.446 e. The third-order valence-corrected chi connectivity index (χ3v) is 3.66. The number of hydrogen-bond acceptors (Lipinski definition) is 4. The quantitative estimate of drug-likeness (QED) is 0.595. The van der Waals surface area contributed by atoms with Crippen LogP contribution < -0.4 is 0 Å². The minimum atomic E-state index is -4.48. The molecule has 0 aliphatic heterocycles. The standard InChI is InChI=1S/C12H9BrF3NO2S/c1-2-19-11(18)4-7-3-8(6-17)10(5-9(7)13)20-12(14,15)16/h3,5H,2,4H2,1H3. The van der Waals surface area contributed by atoms with Gasteiger partial charge in [-0.15, -0.1) is 0 Å². The number of nitrogens with zero attached hydrogens (tertiary/aromatic N) is 1. The van der Waals surface area contributed by atoms with Crippen LogP contribution in [0.1, 0.15) is 18.1 Å². The summed E-state index contributed by atoms with van der Waals surface area (Å²) in [5, 5.41) is 8.91. The van der Waals surface area contributed by atoms with Crippen LogP contribution in [0.4, 0.5) is 13.2 Å². The summed E-state index contributed by atoms with van der Waals surface area (Å²) in [6.07, 6.45) is -0.111. The van der Waals surface area contributed by atoms with Crippen LogP contribution in [0.5, 0.6) is 0 Å². The van der Waals surface area contributed by atoms with Crippen LogP contribution in [0.15, 0.2) is 21.5 Å². The van der Waals surface area contributed by atoms with Gasteiger partial charge < -0.3 is 4.74 Å². The molecule has 0 aliphatic carbocycles. The zero-order valence-corrected chi connectivity index (χ0v) is 12.7. The van der Waals surface area contributed by atoms with Crippen LogP contribution in [-0.2, 0) is 16.0 Å². The smallest absolute Gasteiger partial charge is 0.446 e. The van der Waals surface area contributed by atoms with Crippen molar-refractivity contribution in [3.63, 3.8) is 0 Å². The lowest BCUT2D eigenvalue weighted by Gasteiger charge is -2.11. The fourth-order valence-electron chi connectivity index (χ4n) is 1.40. The summed E-state index contributed by atoms with van der Waals surface area (Å²) < 4.78 is 42.2. The van der Waals surface area contributed by atoms with Gasteiger partial charge in [-0.05, 0) is 36.4 Å². The predicted octanol–water partition coefficient (Wildman–Crippen LogP) is 4.04. The topological polar surface area (TPSA) is 50.1 Å². The minimum absolute atomic E-state index is 0.111. The number of halogens is 4. The minimum Gasteiger partial charge on any atom is -0.466 e. The first kappa shape index (κ1) is 16.9. The van der Waals surface area contributed by atoms with Gasteiger partial charge in [0.05, 0.1) is 18.6 Å². The fraction of sp³-hybridized carbons (Fsp3) is 0.333. The summed E-state index contributed by atoms with van der Waals surface area (Å²) >= 11 is 2.74. The summed E-state index contributed by atoms with van der Waals surface area (Å²) in [6.45, 7) is 1.86. The molecule has 0 spiro atoms. The number of alkyl halides is 3. The number of carbonyl (C=O) groups excluding carboxylic acids is 1. The maximum atomic E-state index is 12.4. The molecular weight excluding hydrogens is 359 g/mol. The molecule has 0 aliphatic rings. The van der Waals surface area contributed by atoms with Gasteiger partial charge in [0.25, 0.3) is 0 Å². The van der Waals surface area contributed by atoms with Crippen LogP contribution in [0.25, 0.3) is 0 Å². The van der Waals surface area contributed by atoms with Gasteiger partial charge in [-0.1, -0.05) is 15.9 Å². The summed E-state index contributed by atoms with van der Waals surface area (Å²) in [6, 6.07) is 4.14. The molecule has 0 heterocycles. The highest BCUT2D eigenvalue weighted by Gasteiger charge is 2.31. The van der Waals surface area contributed by atoms with E-state index in [1.807, 2.05) is 0 Å². The first-order valence-corrected chi connectivity index (χ1v) is 7.01. The molecule has 0 N–H and O–H groups in total. The normalized spacial score (nSPS) is 11.0. The van der Waals surface area contributed by atoms with Crippen molar-refractivity contribution in [1.82, 2.24) is 0 Å². The van der Waals surface area contributed by atoms with E-state index in [4.69, 9.17) is 10.00 Å². The van der Waals surface area contributed by atoms with Crippen molar-refractivity contribution < 1.29 is 22.7 Å². The molecular formula is C12H9BrF3NO2S. The third-order valence-electron chi connectivity index (χ3n) is 2.13. The van der Waals surface area contributed by atoms with Crippen molar-refractivity contribution >= 4 is 33.7 Å². The number of rotatable bonds is 4. The van der Waals surface area contributed by atoms with Gasteiger partial charge in [0.2, 0.25) is 0 Å². The number of benzene rings is 1. The van der Waals surface area contributed by atoms with Gasteiger partial charge in [0.15, 0.2) is 0 Å². The molecule has 8 heteroatoms. The van der Waals surface area contributed by atoms with E-state index in [2.05, 4.69) is 15.9 Å². The Morgan fingerprint density at radius 3 is 2.65 bits per heavy atom. The Hall–Kier alpha value is -1.20. The molecule has 1 aromatic rings. The van der Waals surface area contributed by atoms with Gasteiger partial charge in [0, 0.05) is 9.37 Å². The maximum absolute atomic E-state index is 12.4. The second-order valence-corrected chi connectivity index (χ2v) is 5.54. The van der Waals surface area contributed by atoms with Crippen molar-refractivity contribution in [2.75, 3.05) is 6.61 Å². The Morgan fingerprint density at radius 1 is 1.50 bits per heavy atom. The Morgan fingerprint density at radius 2 is 2.15 bits per heavy atom. The lowest BCUT2D eigenvalue weighted by molar-refractivity contribution is -0.142. The largest absolute Gasteiger partial charge is 0.466 e. The number of nitriles is 1. The summed E-state index contributed by atoms with van der Waals surface area (Å²) in [5.41, 5.74) is -4.20. The molecule has 108 valence electrons. The predicted molar refractivity (Wildman–Crippen MR) is 71.1 cm³/mol. The number of hydrogen-bond donors (Lipinski definition) is 0. The van der Waals surface area contributed by atoms with E-state index < -0.39 is 11.5 Å². The molecule has 3 nitrogen and oxygen atoms in total. The molecule has 0 radical (unpaired) electrons. The molecule has 0 atom stereocenters. The average Bonchev–Trinajstić information content (AvgIpc) is 2.31. The molecule has 20 heavy (non-hydrogen) atoms. The summed E-state index contributed by atoms with van der Waals surface area (Å²) in [4.78, 5) is 11.2. The average molecular weight is 368 g/mol. The van der Waals surface area contributed by atoms with Crippen LogP contribution in [0.2, 0.25) is 0 Å². The SMILES string of the molecule is CCOC(=O)Cc1cc(C#N)c(SC(F)(F)F)cc1Br. The Labute approximate surface area is 126 Å². The highest BCUT2D eigenvalue weighted by Crippen LogP contribution is 2.40. The van der Waals surface area contributed by atoms with Gasteiger partial charge >= 0.3 is 11.5 Å². The second-order valence-electron chi connectivity index (χ2n) is 3.58. The zero-order valence-electron chi connectivity index (χ0n) is 10.3. The zero-order chi connectivity index (χ0) is 15.3.